The Morgan fingerprint density at radius 2 is 1.75 bits per heavy atom. The molecule has 1 atom stereocenters. The molecule has 0 aromatic heterocycles. The number of sulfonamides is 1. The standard InChI is InChI=1S/C21H25NO5S/c23-20(10-9-16-5-2-1-3-6-16)17-11-13-22(14-12-17)28(26,27)19-8-4-7-18(15-19)21(24)25/h1-8,15,17,20,23H,9-14H2,(H,24,25). The number of carboxylic acids is 1. The van der Waals surface area contributed by atoms with Crippen molar-refractivity contribution in [3.05, 3.63) is 65.7 Å². The van der Waals surface area contributed by atoms with Crippen molar-refractivity contribution in [2.75, 3.05) is 13.1 Å². The second-order valence-corrected chi connectivity index (χ2v) is 9.10. The van der Waals surface area contributed by atoms with Gasteiger partial charge < -0.3 is 10.2 Å². The van der Waals surface area contributed by atoms with Gasteiger partial charge in [-0.15, -0.1) is 0 Å². The van der Waals surface area contributed by atoms with Crippen molar-refractivity contribution in [3.63, 3.8) is 0 Å². The summed E-state index contributed by atoms with van der Waals surface area (Å²) in [4.78, 5) is 11.1. The predicted molar refractivity (Wildman–Crippen MR) is 106 cm³/mol. The Kier molecular flexibility index (Phi) is 6.49. The van der Waals surface area contributed by atoms with Crippen molar-refractivity contribution in [3.8, 4) is 0 Å². The predicted octanol–water partition coefficient (Wildman–Crippen LogP) is 2.78. The first-order valence-corrected chi connectivity index (χ1v) is 10.9. The topological polar surface area (TPSA) is 94.9 Å². The van der Waals surface area contributed by atoms with Crippen LogP contribution in [0.3, 0.4) is 0 Å². The van der Waals surface area contributed by atoms with Gasteiger partial charge in [0, 0.05) is 13.1 Å². The SMILES string of the molecule is O=C(O)c1cccc(S(=O)(=O)N2CCC(C(O)CCc3ccccc3)CC2)c1. The summed E-state index contributed by atoms with van der Waals surface area (Å²) in [5, 5.41) is 19.6. The molecule has 0 aliphatic carbocycles. The third-order valence-corrected chi connectivity index (χ3v) is 7.23. The second kappa shape index (κ2) is 8.86. The van der Waals surface area contributed by atoms with Gasteiger partial charge in [0.1, 0.15) is 0 Å². The average molecular weight is 404 g/mol. The number of hydrogen-bond donors (Lipinski definition) is 2. The highest BCUT2D eigenvalue weighted by molar-refractivity contribution is 7.89. The van der Waals surface area contributed by atoms with E-state index in [1.807, 2.05) is 30.3 Å². The number of rotatable bonds is 7. The maximum Gasteiger partial charge on any atom is 0.335 e. The second-order valence-electron chi connectivity index (χ2n) is 7.17. The van der Waals surface area contributed by atoms with Gasteiger partial charge >= 0.3 is 5.97 Å². The molecule has 150 valence electrons. The van der Waals surface area contributed by atoms with Crippen LogP contribution < -0.4 is 0 Å². The van der Waals surface area contributed by atoms with Crippen molar-refractivity contribution < 1.29 is 23.4 Å². The van der Waals surface area contributed by atoms with Gasteiger partial charge in [0.15, 0.2) is 0 Å². The molecule has 28 heavy (non-hydrogen) atoms. The fraction of sp³-hybridized carbons (Fsp3) is 0.381. The largest absolute Gasteiger partial charge is 0.478 e. The monoisotopic (exact) mass is 403 g/mol. The molecular weight excluding hydrogens is 378 g/mol. The van der Waals surface area contributed by atoms with Crippen molar-refractivity contribution >= 4 is 16.0 Å². The fourth-order valence-corrected chi connectivity index (χ4v) is 5.15. The number of benzene rings is 2. The highest BCUT2D eigenvalue weighted by atomic mass is 32.2. The normalized spacial score (nSPS) is 17.3. The molecule has 1 aliphatic heterocycles. The number of aliphatic hydroxyl groups is 1. The third kappa shape index (κ3) is 4.79. The highest BCUT2D eigenvalue weighted by Gasteiger charge is 2.32. The number of piperidine rings is 1. The molecule has 0 saturated carbocycles. The number of carboxylic acid groups (broad SMARTS) is 1. The summed E-state index contributed by atoms with van der Waals surface area (Å²) in [6.45, 7) is 0.652. The Morgan fingerprint density at radius 1 is 1.07 bits per heavy atom. The lowest BCUT2D eigenvalue weighted by atomic mass is 9.89. The molecule has 1 heterocycles. The molecule has 1 saturated heterocycles. The minimum atomic E-state index is -3.73. The number of hydrogen-bond acceptors (Lipinski definition) is 4. The Balaban J connectivity index is 1.58. The minimum Gasteiger partial charge on any atom is -0.478 e. The van der Waals surface area contributed by atoms with Crippen LogP contribution in [-0.2, 0) is 16.4 Å². The van der Waals surface area contributed by atoms with Crippen LogP contribution in [0.5, 0.6) is 0 Å². The molecule has 0 bridgehead atoms. The van der Waals surface area contributed by atoms with Crippen LogP contribution in [0.15, 0.2) is 59.5 Å². The summed E-state index contributed by atoms with van der Waals surface area (Å²) in [7, 11) is -3.73. The lowest BCUT2D eigenvalue weighted by Crippen LogP contribution is -2.41. The van der Waals surface area contributed by atoms with Crippen LogP contribution in [0.25, 0.3) is 0 Å². The zero-order chi connectivity index (χ0) is 20.1. The summed E-state index contributed by atoms with van der Waals surface area (Å²) >= 11 is 0. The quantitative estimate of drug-likeness (QED) is 0.741. The van der Waals surface area contributed by atoms with Crippen molar-refractivity contribution in [1.29, 1.82) is 0 Å². The van der Waals surface area contributed by atoms with Gasteiger partial charge in [-0.05, 0) is 55.4 Å². The Bertz CT molecular complexity index is 905. The molecule has 3 rings (SSSR count). The van der Waals surface area contributed by atoms with E-state index in [1.165, 1.54) is 34.1 Å². The van der Waals surface area contributed by atoms with Crippen molar-refractivity contribution in [2.45, 2.75) is 36.7 Å². The van der Waals surface area contributed by atoms with Crippen molar-refractivity contribution in [1.82, 2.24) is 4.31 Å². The molecule has 1 unspecified atom stereocenters. The molecular formula is C21H25NO5S. The number of aromatic carboxylic acids is 1. The molecule has 2 aromatic rings. The van der Waals surface area contributed by atoms with Gasteiger partial charge in [0.25, 0.3) is 0 Å². The first-order chi connectivity index (χ1) is 13.4. The fourth-order valence-electron chi connectivity index (χ4n) is 3.63. The Hall–Kier alpha value is -2.22. The zero-order valence-electron chi connectivity index (χ0n) is 15.6. The zero-order valence-corrected chi connectivity index (χ0v) is 16.4. The van der Waals surface area contributed by atoms with Crippen LogP contribution in [0.1, 0.15) is 35.2 Å². The van der Waals surface area contributed by atoms with E-state index in [2.05, 4.69) is 0 Å². The van der Waals surface area contributed by atoms with Gasteiger partial charge in [-0.1, -0.05) is 36.4 Å². The molecule has 0 spiro atoms. The van der Waals surface area contributed by atoms with Gasteiger partial charge in [-0.2, -0.15) is 4.31 Å². The molecule has 7 heteroatoms. The minimum absolute atomic E-state index is 0.00419. The van der Waals surface area contributed by atoms with E-state index in [4.69, 9.17) is 5.11 Å². The van der Waals surface area contributed by atoms with Crippen molar-refractivity contribution in [2.24, 2.45) is 5.92 Å². The van der Waals surface area contributed by atoms with E-state index in [-0.39, 0.29) is 16.4 Å². The van der Waals surface area contributed by atoms with Gasteiger partial charge in [0.2, 0.25) is 10.0 Å². The van der Waals surface area contributed by atoms with Gasteiger partial charge in [-0.25, -0.2) is 13.2 Å². The van der Waals surface area contributed by atoms with E-state index in [9.17, 15) is 18.3 Å². The average Bonchev–Trinajstić information content (AvgIpc) is 2.73. The number of nitrogens with zero attached hydrogens (tertiary/aromatic N) is 1. The summed E-state index contributed by atoms with van der Waals surface area (Å²) < 4.78 is 27.0. The number of aliphatic hydroxyl groups excluding tert-OH is 1. The molecule has 1 fully saturated rings. The van der Waals surface area contributed by atoms with Crippen LogP contribution in [-0.4, -0.2) is 48.1 Å². The molecule has 2 N–H and O–H groups in total. The van der Waals surface area contributed by atoms with Crippen LogP contribution >= 0.6 is 0 Å². The summed E-state index contributed by atoms with van der Waals surface area (Å²) in [6, 6.07) is 15.4. The summed E-state index contributed by atoms with van der Waals surface area (Å²) in [5.41, 5.74) is 1.13. The first kappa shape index (κ1) is 20.5. The van der Waals surface area contributed by atoms with Crippen LogP contribution in [0.4, 0.5) is 0 Å². The number of aryl methyl sites for hydroxylation is 1. The van der Waals surface area contributed by atoms with Crippen LogP contribution in [0, 0.1) is 5.92 Å². The maximum absolute atomic E-state index is 12.8. The van der Waals surface area contributed by atoms with E-state index in [0.29, 0.717) is 32.4 Å². The Labute approximate surface area is 165 Å². The first-order valence-electron chi connectivity index (χ1n) is 9.43. The van der Waals surface area contributed by atoms with E-state index < -0.39 is 22.1 Å². The number of carbonyl (C=O) groups is 1. The molecule has 0 radical (unpaired) electrons. The summed E-state index contributed by atoms with van der Waals surface area (Å²) in [6.07, 6.45) is 2.17. The molecule has 1 aliphatic rings. The van der Waals surface area contributed by atoms with Crippen LogP contribution in [0.2, 0.25) is 0 Å². The highest BCUT2D eigenvalue weighted by Crippen LogP contribution is 2.27. The summed E-state index contributed by atoms with van der Waals surface area (Å²) in [5.74, 6) is -1.09. The lowest BCUT2D eigenvalue weighted by molar-refractivity contribution is 0.0690. The van der Waals surface area contributed by atoms with Gasteiger partial charge in [-0.3, -0.25) is 0 Å². The van der Waals surface area contributed by atoms with E-state index >= 15 is 0 Å². The smallest absolute Gasteiger partial charge is 0.335 e. The lowest BCUT2D eigenvalue weighted by Gasteiger charge is -2.33. The van der Waals surface area contributed by atoms with E-state index in [1.54, 1.807) is 0 Å². The molecule has 2 aromatic carbocycles. The Morgan fingerprint density at radius 3 is 2.39 bits per heavy atom. The van der Waals surface area contributed by atoms with Gasteiger partial charge in [0.05, 0.1) is 16.6 Å². The third-order valence-electron chi connectivity index (χ3n) is 5.33. The molecule has 0 amide bonds. The van der Waals surface area contributed by atoms with E-state index in [0.717, 1.165) is 6.42 Å². The maximum atomic E-state index is 12.8. The molecule has 6 nitrogen and oxygen atoms in total.